The molecule has 0 aromatic heterocycles. The van der Waals surface area contributed by atoms with E-state index in [9.17, 15) is 0 Å². The summed E-state index contributed by atoms with van der Waals surface area (Å²) in [6.07, 6.45) is 9.42. The molecule has 2 nitrogen and oxygen atoms in total. The normalized spacial score (nSPS) is 25.4. The van der Waals surface area contributed by atoms with Crippen molar-refractivity contribution < 1.29 is 4.74 Å². The minimum absolute atomic E-state index is 0.543. The molecule has 17 heavy (non-hydrogen) atoms. The molecule has 0 radical (unpaired) electrons. The van der Waals surface area contributed by atoms with Crippen molar-refractivity contribution in [2.24, 2.45) is 5.92 Å². The van der Waals surface area contributed by atoms with Gasteiger partial charge in [-0.3, -0.25) is 0 Å². The largest absolute Gasteiger partial charge is 0.378 e. The molecule has 0 heterocycles. The van der Waals surface area contributed by atoms with Gasteiger partial charge in [0.1, 0.15) is 0 Å². The molecule has 0 aliphatic heterocycles. The van der Waals surface area contributed by atoms with E-state index in [0.29, 0.717) is 6.10 Å². The highest BCUT2D eigenvalue weighted by atomic mass is 16.5. The fourth-order valence-corrected chi connectivity index (χ4v) is 2.52. The van der Waals surface area contributed by atoms with Gasteiger partial charge in [-0.05, 0) is 57.4 Å². The lowest BCUT2D eigenvalue weighted by Crippen LogP contribution is -2.35. The number of rotatable bonds is 8. The molecule has 1 aliphatic carbocycles. The highest BCUT2D eigenvalue weighted by molar-refractivity contribution is 4.77. The van der Waals surface area contributed by atoms with Gasteiger partial charge in [0.15, 0.2) is 0 Å². The van der Waals surface area contributed by atoms with Crippen LogP contribution in [0.15, 0.2) is 0 Å². The minimum atomic E-state index is 0.543. The summed E-state index contributed by atoms with van der Waals surface area (Å²) in [6, 6.07) is 0.755. The van der Waals surface area contributed by atoms with Gasteiger partial charge in [-0.25, -0.2) is 0 Å². The highest BCUT2D eigenvalue weighted by Gasteiger charge is 2.20. The van der Waals surface area contributed by atoms with E-state index >= 15 is 0 Å². The van der Waals surface area contributed by atoms with E-state index in [1.54, 1.807) is 0 Å². The molecule has 0 amide bonds. The molecule has 0 atom stereocenters. The van der Waals surface area contributed by atoms with Crippen LogP contribution in [0.4, 0.5) is 0 Å². The molecular formula is C15H31NO. The second kappa shape index (κ2) is 8.93. The van der Waals surface area contributed by atoms with Crippen LogP contribution in [0, 0.1) is 5.92 Å². The summed E-state index contributed by atoms with van der Waals surface area (Å²) in [4.78, 5) is 0. The van der Waals surface area contributed by atoms with Crippen molar-refractivity contribution in [3.63, 3.8) is 0 Å². The Labute approximate surface area is 108 Å². The van der Waals surface area contributed by atoms with Gasteiger partial charge in [0, 0.05) is 12.6 Å². The molecule has 1 saturated carbocycles. The zero-order valence-corrected chi connectivity index (χ0v) is 12.0. The Balaban J connectivity index is 1.99. The van der Waals surface area contributed by atoms with Gasteiger partial charge in [0.05, 0.1) is 6.10 Å². The van der Waals surface area contributed by atoms with Crippen LogP contribution in [0.3, 0.4) is 0 Å². The third-order valence-electron chi connectivity index (χ3n) is 3.64. The van der Waals surface area contributed by atoms with Crippen molar-refractivity contribution >= 4 is 0 Å². The van der Waals surface area contributed by atoms with Gasteiger partial charge >= 0.3 is 0 Å². The quantitative estimate of drug-likeness (QED) is 0.653. The van der Waals surface area contributed by atoms with Crippen LogP contribution in [0.25, 0.3) is 0 Å². The maximum atomic E-state index is 5.96. The van der Waals surface area contributed by atoms with Crippen LogP contribution < -0.4 is 5.32 Å². The zero-order valence-electron chi connectivity index (χ0n) is 12.0. The first-order valence-electron chi connectivity index (χ1n) is 7.57. The molecule has 0 spiro atoms. The van der Waals surface area contributed by atoms with Gasteiger partial charge < -0.3 is 10.1 Å². The standard InChI is InChI=1S/C15H31NO/c1-4-11-16-14-7-9-15(10-8-14)17-12-5-6-13(2)3/h13-16H,4-12H2,1-3H3. The first-order valence-corrected chi connectivity index (χ1v) is 7.57. The zero-order chi connectivity index (χ0) is 12.5. The summed E-state index contributed by atoms with van der Waals surface area (Å²) >= 11 is 0. The van der Waals surface area contributed by atoms with Gasteiger partial charge in [0.2, 0.25) is 0 Å². The van der Waals surface area contributed by atoms with E-state index in [-0.39, 0.29) is 0 Å². The van der Waals surface area contributed by atoms with Crippen molar-refractivity contribution in [1.82, 2.24) is 5.32 Å². The fraction of sp³-hybridized carbons (Fsp3) is 1.00. The second-order valence-electron chi connectivity index (χ2n) is 5.83. The summed E-state index contributed by atoms with van der Waals surface area (Å²) < 4.78 is 5.96. The van der Waals surface area contributed by atoms with Gasteiger partial charge in [-0.15, -0.1) is 0 Å². The van der Waals surface area contributed by atoms with Crippen LogP contribution in [-0.4, -0.2) is 25.3 Å². The van der Waals surface area contributed by atoms with E-state index in [0.717, 1.165) is 18.6 Å². The number of hydrogen-bond donors (Lipinski definition) is 1. The maximum absolute atomic E-state index is 5.96. The van der Waals surface area contributed by atoms with Gasteiger partial charge in [-0.1, -0.05) is 20.8 Å². The molecule has 2 heteroatoms. The molecule has 0 bridgehead atoms. The molecule has 1 rings (SSSR count). The minimum Gasteiger partial charge on any atom is -0.378 e. The Morgan fingerprint density at radius 1 is 1.18 bits per heavy atom. The predicted octanol–water partition coefficient (Wildman–Crippen LogP) is 3.75. The van der Waals surface area contributed by atoms with E-state index in [4.69, 9.17) is 4.74 Å². The number of nitrogens with one attached hydrogen (secondary N) is 1. The molecule has 1 aliphatic rings. The molecule has 0 aromatic rings. The summed E-state index contributed by atoms with van der Waals surface area (Å²) in [5, 5.41) is 3.62. The van der Waals surface area contributed by atoms with Gasteiger partial charge in [-0.2, -0.15) is 0 Å². The van der Waals surface area contributed by atoms with E-state index in [2.05, 4.69) is 26.1 Å². The van der Waals surface area contributed by atoms with Gasteiger partial charge in [0.25, 0.3) is 0 Å². The smallest absolute Gasteiger partial charge is 0.0576 e. The van der Waals surface area contributed by atoms with Crippen molar-refractivity contribution in [3.8, 4) is 0 Å². The lowest BCUT2D eigenvalue weighted by molar-refractivity contribution is 0.0197. The second-order valence-corrected chi connectivity index (χ2v) is 5.83. The summed E-state index contributed by atoms with van der Waals surface area (Å²) in [5.41, 5.74) is 0. The first-order chi connectivity index (χ1) is 8.22. The van der Waals surface area contributed by atoms with Crippen molar-refractivity contribution in [2.75, 3.05) is 13.2 Å². The average Bonchev–Trinajstić information content (AvgIpc) is 2.33. The first kappa shape index (κ1) is 15.0. The molecular weight excluding hydrogens is 210 g/mol. The highest BCUT2D eigenvalue weighted by Crippen LogP contribution is 2.21. The Morgan fingerprint density at radius 3 is 2.47 bits per heavy atom. The monoisotopic (exact) mass is 241 g/mol. The summed E-state index contributed by atoms with van der Waals surface area (Å²) in [5.74, 6) is 0.813. The lowest BCUT2D eigenvalue weighted by Gasteiger charge is -2.29. The van der Waals surface area contributed by atoms with Crippen LogP contribution >= 0.6 is 0 Å². The van der Waals surface area contributed by atoms with Crippen LogP contribution in [0.2, 0.25) is 0 Å². The molecule has 102 valence electrons. The third kappa shape index (κ3) is 7.05. The van der Waals surface area contributed by atoms with E-state index in [1.807, 2.05) is 0 Å². The maximum Gasteiger partial charge on any atom is 0.0576 e. The SMILES string of the molecule is CCCNC1CCC(OCCCC(C)C)CC1. The Bertz CT molecular complexity index is 174. The Morgan fingerprint density at radius 2 is 1.88 bits per heavy atom. The van der Waals surface area contributed by atoms with Crippen molar-refractivity contribution in [2.45, 2.75) is 77.9 Å². The molecule has 0 aromatic carbocycles. The predicted molar refractivity (Wildman–Crippen MR) is 74.4 cm³/mol. The Kier molecular flexibility index (Phi) is 7.87. The summed E-state index contributed by atoms with van der Waals surface area (Å²) in [7, 11) is 0. The summed E-state index contributed by atoms with van der Waals surface area (Å²) in [6.45, 7) is 8.94. The van der Waals surface area contributed by atoms with E-state index in [1.165, 1.54) is 51.5 Å². The molecule has 1 N–H and O–H groups in total. The third-order valence-corrected chi connectivity index (χ3v) is 3.64. The van der Waals surface area contributed by atoms with Crippen LogP contribution in [0.1, 0.15) is 65.7 Å². The Hall–Kier alpha value is -0.0800. The van der Waals surface area contributed by atoms with Crippen LogP contribution in [0.5, 0.6) is 0 Å². The average molecular weight is 241 g/mol. The van der Waals surface area contributed by atoms with Crippen molar-refractivity contribution in [3.05, 3.63) is 0 Å². The van der Waals surface area contributed by atoms with Crippen molar-refractivity contribution in [1.29, 1.82) is 0 Å². The number of hydrogen-bond acceptors (Lipinski definition) is 2. The molecule has 0 saturated heterocycles. The fourth-order valence-electron chi connectivity index (χ4n) is 2.52. The number of ether oxygens (including phenoxy) is 1. The molecule has 0 unspecified atom stereocenters. The molecule has 1 fully saturated rings. The topological polar surface area (TPSA) is 21.3 Å². The van der Waals surface area contributed by atoms with E-state index < -0.39 is 0 Å². The van der Waals surface area contributed by atoms with Crippen LogP contribution in [-0.2, 0) is 4.74 Å². The lowest BCUT2D eigenvalue weighted by atomic mass is 9.93.